The van der Waals surface area contributed by atoms with Crippen LogP contribution in [0.15, 0.2) is 0 Å². The lowest BCUT2D eigenvalue weighted by molar-refractivity contribution is -0.298. The maximum absolute atomic E-state index is 13.2. The molecule has 3 fully saturated rings. The van der Waals surface area contributed by atoms with Gasteiger partial charge >= 0.3 is 0 Å². The van der Waals surface area contributed by atoms with Gasteiger partial charge in [-0.25, -0.2) is 0 Å². The minimum absolute atomic E-state index is 0.155. The summed E-state index contributed by atoms with van der Waals surface area (Å²) in [6.07, 6.45) is 2.04. The summed E-state index contributed by atoms with van der Waals surface area (Å²) in [4.78, 5) is 29.6. The van der Waals surface area contributed by atoms with Crippen molar-refractivity contribution in [2.24, 2.45) is 10.8 Å². The second-order valence-corrected chi connectivity index (χ2v) is 10.5. The summed E-state index contributed by atoms with van der Waals surface area (Å²) >= 11 is 0. The van der Waals surface area contributed by atoms with E-state index in [2.05, 4.69) is 0 Å². The van der Waals surface area contributed by atoms with Gasteiger partial charge in [0.2, 0.25) is 11.8 Å². The van der Waals surface area contributed by atoms with Gasteiger partial charge in [-0.15, -0.1) is 0 Å². The van der Waals surface area contributed by atoms with E-state index < -0.39 is 34.4 Å². The monoisotopic (exact) mass is 366 g/mol. The molecule has 6 nitrogen and oxygen atoms in total. The van der Waals surface area contributed by atoms with E-state index in [0.29, 0.717) is 25.7 Å². The van der Waals surface area contributed by atoms with E-state index in [-0.39, 0.29) is 11.8 Å². The second kappa shape index (κ2) is 5.68. The highest BCUT2D eigenvalue weighted by molar-refractivity contribution is 5.86. The van der Waals surface area contributed by atoms with Crippen molar-refractivity contribution in [2.45, 2.75) is 104 Å². The predicted molar refractivity (Wildman–Crippen MR) is 97.8 cm³/mol. The lowest BCUT2D eigenvalue weighted by Crippen LogP contribution is -2.85. The van der Waals surface area contributed by atoms with Crippen LogP contribution < -0.4 is 0 Å². The zero-order chi connectivity index (χ0) is 19.7. The number of carbonyl (C=O) groups is 2. The van der Waals surface area contributed by atoms with Crippen LogP contribution >= 0.6 is 0 Å². The molecule has 3 rings (SSSR count). The van der Waals surface area contributed by atoms with Gasteiger partial charge in [-0.05, 0) is 38.5 Å². The van der Waals surface area contributed by atoms with Crippen molar-refractivity contribution < 1.29 is 19.8 Å². The third-order valence-corrected chi connectivity index (χ3v) is 6.57. The fourth-order valence-electron chi connectivity index (χ4n) is 4.64. The summed E-state index contributed by atoms with van der Waals surface area (Å²) in [6.45, 7) is 11.0. The first kappa shape index (κ1) is 19.6. The van der Waals surface area contributed by atoms with E-state index in [1.807, 2.05) is 41.5 Å². The van der Waals surface area contributed by atoms with Crippen LogP contribution in [0, 0.1) is 10.8 Å². The van der Waals surface area contributed by atoms with E-state index in [1.54, 1.807) is 9.80 Å². The van der Waals surface area contributed by atoms with Gasteiger partial charge < -0.3 is 20.0 Å². The Hall–Kier alpha value is -1.14. The molecule has 2 amide bonds. The summed E-state index contributed by atoms with van der Waals surface area (Å²) in [6, 6.07) is 0. The topological polar surface area (TPSA) is 81.1 Å². The van der Waals surface area contributed by atoms with Crippen molar-refractivity contribution in [2.75, 3.05) is 0 Å². The van der Waals surface area contributed by atoms with Crippen LogP contribution in [0.25, 0.3) is 0 Å². The van der Waals surface area contributed by atoms with E-state index in [9.17, 15) is 19.8 Å². The van der Waals surface area contributed by atoms with Gasteiger partial charge in [0.1, 0.15) is 0 Å². The molecule has 2 atom stereocenters. The van der Waals surface area contributed by atoms with Gasteiger partial charge in [0.05, 0.1) is 11.1 Å². The maximum Gasteiger partial charge on any atom is 0.230 e. The highest BCUT2D eigenvalue weighted by Crippen LogP contribution is 2.56. The van der Waals surface area contributed by atoms with Crippen molar-refractivity contribution >= 4 is 11.8 Å². The number of hydrogen-bond acceptors (Lipinski definition) is 4. The number of amides is 2. The highest BCUT2D eigenvalue weighted by atomic mass is 16.3. The number of carbonyl (C=O) groups excluding carboxylic acids is 2. The molecular weight excluding hydrogens is 332 g/mol. The Kier molecular flexibility index (Phi) is 4.28. The van der Waals surface area contributed by atoms with Gasteiger partial charge in [0.25, 0.3) is 0 Å². The molecule has 0 aromatic heterocycles. The SMILES string of the molecule is CC(C)(C)C(=O)N1C(O)C2(CCC2)N(C(=O)C(C)(C)C)C(O)C12CCC2. The predicted octanol–water partition coefficient (Wildman–Crippen LogP) is 2.23. The molecule has 2 unspecified atom stereocenters. The van der Waals surface area contributed by atoms with Crippen molar-refractivity contribution in [3.8, 4) is 0 Å². The van der Waals surface area contributed by atoms with E-state index in [1.165, 1.54) is 0 Å². The van der Waals surface area contributed by atoms with Crippen LogP contribution in [0.4, 0.5) is 0 Å². The first-order valence-corrected chi connectivity index (χ1v) is 9.83. The number of piperazine rings is 1. The zero-order valence-corrected chi connectivity index (χ0v) is 17.0. The summed E-state index contributed by atoms with van der Waals surface area (Å²) in [5.74, 6) is -0.309. The molecule has 2 saturated carbocycles. The Labute approximate surface area is 156 Å². The number of hydrogen-bond donors (Lipinski definition) is 2. The van der Waals surface area contributed by atoms with Crippen LogP contribution in [-0.4, -0.2) is 55.4 Å². The van der Waals surface area contributed by atoms with Crippen LogP contribution in [0.3, 0.4) is 0 Å². The molecule has 6 heteroatoms. The van der Waals surface area contributed by atoms with Gasteiger partial charge in [-0.3, -0.25) is 9.59 Å². The van der Waals surface area contributed by atoms with E-state index >= 15 is 0 Å². The maximum atomic E-state index is 13.2. The fraction of sp³-hybridized carbons (Fsp3) is 0.900. The standard InChI is InChI=1S/C20H34N2O4/c1-17(2,3)13(23)21-15(25)20(11-8-12-20)22(14(24)18(4,5)6)16(26)19(21)9-7-10-19/h15-16,25-26H,7-12H2,1-6H3. The molecule has 0 aromatic rings. The van der Waals surface area contributed by atoms with Crippen LogP contribution in [0.5, 0.6) is 0 Å². The molecule has 3 aliphatic rings. The Morgan fingerprint density at radius 3 is 1.15 bits per heavy atom. The first-order valence-electron chi connectivity index (χ1n) is 9.83. The van der Waals surface area contributed by atoms with Crippen LogP contribution in [0.2, 0.25) is 0 Å². The van der Waals surface area contributed by atoms with E-state index in [0.717, 1.165) is 12.8 Å². The number of nitrogens with zero attached hydrogens (tertiary/aromatic N) is 2. The number of rotatable bonds is 0. The minimum Gasteiger partial charge on any atom is -0.371 e. The Balaban J connectivity index is 2.11. The number of aliphatic hydroxyl groups is 2. The minimum atomic E-state index is -1.07. The molecule has 0 bridgehead atoms. The molecule has 1 saturated heterocycles. The average molecular weight is 367 g/mol. The molecule has 148 valence electrons. The van der Waals surface area contributed by atoms with Crippen LogP contribution in [0.1, 0.15) is 80.1 Å². The Morgan fingerprint density at radius 1 is 0.731 bits per heavy atom. The summed E-state index contributed by atoms with van der Waals surface area (Å²) < 4.78 is 0. The third kappa shape index (κ3) is 2.44. The smallest absolute Gasteiger partial charge is 0.230 e. The van der Waals surface area contributed by atoms with E-state index in [4.69, 9.17) is 0 Å². The molecule has 2 spiro atoms. The molecule has 1 aliphatic heterocycles. The average Bonchev–Trinajstić information content (AvgIpc) is 2.41. The molecular formula is C20H34N2O4. The number of aliphatic hydroxyl groups excluding tert-OH is 2. The van der Waals surface area contributed by atoms with Crippen molar-refractivity contribution in [1.82, 2.24) is 9.80 Å². The summed E-state index contributed by atoms with van der Waals surface area (Å²) in [7, 11) is 0. The Morgan fingerprint density at radius 2 is 1.00 bits per heavy atom. The van der Waals surface area contributed by atoms with Gasteiger partial charge in [-0.1, -0.05) is 41.5 Å². The quantitative estimate of drug-likeness (QED) is 0.689. The molecule has 26 heavy (non-hydrogen) atoms. The molecule has 2 aliphatic carbocycles. The normalized spacial score (nSPS) is 30.2. The lowest BCUT2D eigenvalue weighted by atomic mass is 9.63. The van der Waals surface area contributed by atoms with Crippen molar-refractivity contribution in [3.05, 3.63) is 0 Å². The molecule has 1 heterocycles. The first-order chi connectivity index (χ1) is 11.8. The largest absolute Gasteiger partial charge is 0.371 e. The Bertz CT molecular complexity index is 554. The molecule has 0 radical (unpaired) electrons. The lowest BCUT2D eigenvalue weighted by Gasteiger charge is -2.69. The second-order valence-electron chi connectivity index (χ2n) is 10.5. The molecule has 0 aromatic carbocycles. The van der Waals surface area contributed by atoms with Crippen LogP contribution in [-0.2, 0) is 9.59 Å². The van der Waals surface area contributed by atoms with Gasteiger partial charge in [0, 0.05) is 10.8 Å². The molecule has 2 N–H and O–H groups in total. The van der Waals surface area contributed by atoms with Gasteiger partial charge in [0.15, 0.2) is 12.5 Å². The van der Waals surface area contributed by atoms with Crippen molar-refractivity contribution in [1.29, 1.82) is 0 Å². The zero-order valence-electron chi connectivity index (χ0n) is 17.0. The van der Waals surface area contributed by atoms with Crippen molar-refractivity contribution in [3.63, 3.8) is 0 Å². The summed E-state index contributed by atoms with van der Waals surface area (Å²) in [5.41, 5.74) is -3.06. The fourth-order valence-corrected chi connectivity index (χ4v) is 4.64. The summed E-state index contributed by atoms with van der Waals surface area (Å²) in [5, 5.41) is 22.8. The van der Waals surface area contributed by atoms with Gasteiger partial charge in [-0.2, -0.15) is 0 Å². The third-order valence-electron chi connectivity index (χ3n) is 6.57. The highest BCUT2D eigenvalue weighted by Gasteiger charge is 2.69.